The van der Waals surface area contributed by atoms with Gasteiger partial charge in [-0.25, -0.2) is 9.78 Å². The Morgan fingerprint density at radius 3 is 2.86 bits per heavy atom. The maximum atomic E-state index is 12.7. The number of anilines is 1. The Kier molecular flexibility index (Phi) is 4.46. The molecule has 0 atom stereocenters. The summed E-state index contributed by atoms with van der Waals surface area (Å²) in [6, 6.07) is 2.95. The molecule has 112 valence electrons. The molecule has 0 bridgehead atoms. The molecule has 0 saturated heterocycles. The van der Waals surface area contributed by atoms with E-state index in [1.165, 1.54) is 24.3 Å². The molecule has 21 heavy (non-hydrogen) atoms. The minimum atomic E-state index is -2.68. The van der Waals surface area contributed by atoms with E-state index in [0.29, 0.717) is 5.69 Å². The number of nitrogens with zero attached hydrogens (tertiary/aromatic N) is 4. The Morgan fingerprint density at radius 1 is 1.43 bits per heavy atom. The predicted molar refractivity (Wildman–Crippen MR) is 72.9 cm³/mol. The third kappa shape index (κ3) is 3.74. The average Bonchev–Trinajstić information content (AvgIpc) is 2.87. The maximum absolute atomic E-state index is 12.7. The summed E-state index contributed by atoms with van der Waals surface area (Å²) >= 11 is 0. The van der Waals surface area contributed by atoms with Crippen LogP contribution in [0.15, 0.2) is 30.7 Å². The quantitative estimate of drug-likeness (QED) is 0.943. The monoisotopic (exact) mass is 295 g/mol. The van der Waals surface area contributed by atoms with Gasteiger partial charge in [-0.2, -0.15) is 8.78 Å². The molecule has 2 rings (SSSR count). The minimum absolute atomic E-state index is 0.0206. The number of carbonyl (C=O) groups excluding carboxylic acids is 1. The lowest BCUT2D eigenvalue weighted by molar-refractivity contribution is 0.0652. The van der Waals surface area contributed by atoms with Gasteiger partial charge in [0, 0.05) is 37.0 Å². The Bertz CT molecular complexity index is 629. The fourth-order valence-electron chi connectivity index (χ4n) is 1.77. The van der Waals surface area contributed by atoms with E-state index >= 15 is 0 Å². The summed E-state index contributed by atoms with van der Waals surface area (Å²) in [5.74, 6) is 0.119. The lowest BCUT2D eigenvalue weighted by atomic mass is 10.3. The third-order valence-corrected chi connectivity index (χ3v) is 2.83. The van der Waals surface area contributed by atoms with E-state index in [1.807, 2.05) is 0 Å². The molecule has 0 fully saturated rings. The first kappa shape index (κ1) is 14.9. The number of amides is 2. The van der Waals surface area contributed by atoms with Crippen LogP contribution in [0.3, 0.4) is 0 Å². The largest absolute Gasteiger partial charge is 0.321 e. The number of alkyl halides is 2. The van der Waals surface area contributed by atoms with Gasteiger partial charge in [-0.1, -0.05) is 0 Å². The molecular weight excluding hydrogens is 280 g/mol. The molecule has 2 amide bonds. The smallest absolute Gasteiger partial charge is 0.320 e. The highest BCUT2D eigenvalue weighted by molar-refractivity contribution is 5.89. The van der Waals surface area contributed by atoms with Crippen molar-refractivity contribution >= 4 is 11.7 Å². The van der Waals surface area contributed by atoms with Gasteiger partial charge in [-0.05, 0) is 19.1 Å². The zero-order valence-corrected chi connectivity index (χ0v) is 11.6. The summed E-state index contributed by atoms with van der Waals surface area (Å²) in [7, 11) is 1.51. The first-order chi connectivity index (χ1) is 9.97. The van der Waals surface area contributed by atoms with E-state index in [2.05, 4.69) is 15.3 Å². The van der Waals surface area contributed by atoms with E-state index in [0.717, 1.165) is 10.3 Å². The van der Waals surface area contributed by atoms with Gasteiger partial charge in [0.05, 0.1) is 6.54 Å². The summed E-state index contributed by atoms with van der Waals surface area (Å²) in [6.45, 7) is -0.895. The van der Waals surface area contributed by atoms with Gasteiger partial charge in [0.2, 0.25) is 0 Å². The summed E-state index contributed by atoms with van der Waals surface area (Å²) in [4.78, 5) is 21.1. The second kappa shape index (κ2) is 6.29. The number of aromatic nitrogens is 3. The van der Waals surface area contributed by atoms with E-state index in [-0.39, 0.29) is 12.4 Å². The second-order valence-corrected chi connectivity index (χ2v) is 4.50. The number of urea groups is 1. The molecule has 0 unspecified atom stereocenters. The number of rotatable bonds is 4. The van der Waals surface area contributed by atoms with Crippen LogP contribution in [-0.4, -0.2) is 32.5 Å². The Balaban J connectivity index is 2.01. The molecule has 2 heterocycles. The average molecular weight is 295 g/mol. The second-order valence-electron chi connectivity index (χ2n) is 4.50. The van der Waals surface area contributed by atoms with Crippen molar-refractivity contribution in [1.29, 1.82) is 0 Å². The number of halogens is 2. The number of carbonyl (C=O) groups is 1. The lowest BCUT2D eigenvalue weighted by Crippen LogP contribution is -2.32. The molecule has 8 heteroatoms. The molecule has 0 spiro atoms. The highest BCUT2D eigenvalue weighted by Crippen LogP contribution is 2.14. The van der Waals surface area contributed by atoms with Crippen molar-refractivity contribution in [2.75, 3.05) is 12.4 Å². The lowest BCUT2D eigenvalue weighted by Gasteiger charge is -2.18. The van der Waals surface area contributed by atoms with Crippen molar-refractivity contribution in [1.82, 2.24) is 19.4 Å². The first-order valence-corrected chi connectivity index (χ1v) is 6.22. The van der Waals surface area contributed by atoms with Crippen LogP contribution >= 0.6 is 0 Å². The number of aryl methyl sites for hydroxylation is 1. The molecule has 1 N–H and O–H groups in total. The molecule has 0 saturated carbocycles. The fourth-order valence-corrected chi connectivity index (χ4v) is 1.77. The topological polar surface area (TPSA) is 63.1 Å². The van der Waals surface area contributed by atoms with Crippen LogP contribution in [0.4, 0.5) is 19.3 Å². The molecule has 2 aromatic heterocycles. The number of hydrogen-bond donors (Lipinski definition) is 1. The van der Waals surface area contributed by atoms with Crippen LogP contribution in [0, 0.1) is 6.92 Å². The fraction of sp³-hybridized carbons (Fsp3) is 0.308. The number of hydrogen-bond acceptors (Lipinski definition) is 3. The molecule has 0 aliphatic rings. The van der Waals surface area contributed by atoms with Gasteiger partial charge in [0.1, 0.15) is 5.82 Å². The SMILES string of the molecule is Cc1cc(NC(=O)N(C)Cc2nccn2C(F)F)ccn1. The summed E-state index contributed by atoms with van der Waals surface area (Å²) in [5.41, 5.74) is 1.36. The van der Waals surface area contributed by atoms with Crippen molar-refractivity contribution in [3.8, 4) is 0 Å². The van der Waals surface area contributed by atoms with E-state index in [1.54, 1.807) is 25.3 Å². The van der Waals surface area contributed by atoms with Crippen molar-refractivity contribution in [2.24, 2.45) is 0 Å². The molecule has 0 aromatic carbocycles. The van der Waals surface area contributed by atoms with Gasteiger partial charge < -0.3 is 10.2 Å². The molecule has 2 aromatic rings. The highest BCUT2D eigenvalue weighted by atomic mass is 19.3. The third-order valence-electron chi connectivity index (χ3n) is 2.83. The van der Waals surface area contributed by atoms with Gasteiger partial charge >= 0.3 is 12.6 Å². The predicted octanol–water partition coefficient (Wildman–Crippen LogP) is 2.65. The van der Waals surface area contributed by atoms with Crippen molar-refractivity contribution in [2.45, 2.75) is 20.0 Å². The molecule has 0 radical (unpaired) electrons. The van der Waals surface area contributed by atoms with Crippen LogP contribution in [-0.2, 0) is 6.54 Å². The molecular formula is C13H15F2N5O. The maximum Gasteiger partial charge on any atom is 0.321 e. The summed E-state index contributed by atoms with van der Waals surface area (Å²) in [5, 5.41) is 2.67. The Hall–Kier alpha value is -2.51. The molecule has 6 nitrogen and oxygen atoms in total. The minimum Gasteiger partial charge on any atom is -0.320 e. The van der Waals surface area contributed by atoms with Crippen LogP contribution in [0.5, 0.6) is 0 Å². The normalized spacial score (nSPS) is 10.7. The van der Waals surface area contributed by atoms with Crippen LogP contribution in [0.2, 0.25) is 0 Å². The van der Waals surface area contributed by atoms with Crippen LogP contribution < -0.4 is 5.32 Å². The number of imidazole rings is 1. The standard InChI is InChI=1S/C13H15F2N5O/c1-9-7-10(3-4-16-9)18-13(21)19(2)8-11-17-5-6-20(11)12(14)15/h3-7,12H,8H2,1-2H3,(H,16,18,21). The van der Waals surface area contributed by atoms with Gasteiger partial charge in [0.25, 0.3) is 0 Å². The van der Waals surface area contributed by atoms with Crippen molar-refractivity contribution in [3.05, 3.63) is 42.2 Å². The van der Waals surface area contributed by atoms with Gasteiger partial charge in [0.15, 0.2) is 0 Å². The van der Waals surface area contributed by atoms with E-state index < -0.39 is 12.6 Å². The molecule has 0 aliphatic carbocycles. The summed E-state index contributed by atoms with van der Waals surface area (Å²) < 4.78 is 26.1. The molecule has 0 aliphatic heterocycles. The Labute approximate surface area is 120 Å². The van der Waals surface area contributed by atoms with Gasteiger partial charge in [-0.15, -0.1) is 0 Å². The summed E-state index contributed by atoms with van der Waals surface area (Å²) in [6.07, 6.45) is 4.03. The van der Waals surface area contributed by atoms with Crippen molar-refractivity contribution < 1.29 is 13.6 Å². The zero-order chi connectivity index (χ0) is 15.4. The first-order valence-electron chi connectivity index (χ1n) is 6.22. The number of nitrogens with one attached hydrogen (secondary N) is 1. The van der Waals surface area contributed by atoms with Crippen LogP contribution in [0.1, 0.15) is 18.1 Å². The van der Waals surface area contributed by atoms with E-state index in [4.69, 9.17) is 0 Å². The highest BCUT2D eigenvalue weighted by Gasteiger charge is 2.16. The van der Waals surface area contributed by atoms with Gasteiger partial charge in [-0.3, -0.25) is 9.55 Å². The van der Waals surface area contributed by atoms with Crippen LogP contribution in [0.25, 0.3) is 0 Å². The Morgan fingerprint density at radius 2 is 2.19 bits per heavy atom. The van der Waals surface area contributed by atoms with E-state index in [9.17, 15) is 13.6 Å². The zero-order valence-electron chi connectivity index (χ0n) is 11.6. The van der Waals surface area contributed by atoms with Crippen molar-refractivity contribution in [3.63, 3.8) is 0 Å². The number of pyridine rings is 1.